The first-order valence-corrected chi connectivity index (χ1v) is 7.78. The lowest BCUT2D eigenvalue weighted by Crippen LogP contribution is -2.13. The summed E-state index contributed by atoms with van der Waals surface area (Å²) in [6, 6.07) is 0. The first kappa shape index (κ1) is 13.6. The molecule has 0 saturated heterocycles. The Bertz CT molecular complexity index is 411. The topological polar surface area (TPSA) is 47.0 Å². The number of hydrogen-bond donors (Lipinski definition) is 1. The van der Waals surface area contributed by atoms with Crippen molar-refractivity contribution in [2.24, 2.45) is 0 Å². The first-order valence-electron chi connectivity index (χ1n) is 6.63. The van der Waals surface area contributed by atoms with Crippen LogP contribution < -0.4 is 5.32 Å². The highest BCUT2D eigenvalue weighted by atomic mass is 32.2. The van der Waals surface area contributed by atoms with Gasteiger partial charge >= 0.3 is 0 Å². The lowest BCUT2D eigenvalue weighted by atomic mass is 10.2. The van der Waals surface area contributed by atoms with E-state index < -0.39 is 0 Å². The third kappa shape index (κ3) is 2.78. The molecular formula is C13H21N3OS. The van der Waals surface area contributed by atoms with Crippen LogP contribution in [0.25, 0.3) is 0 Å². The highest BCUT2D eigenvalue weighted by molar-refractivity contribution is 7.98. The Hall–Kier alpha value is -0.810. The van der Waals surface area contributed by atoms with E-state index in [0.29, 0.717) is 6.61 Å². The van der Waals surface area contributed by atoms with Crippen molar-refractivity contribution in [2.75, 3.05) is 18.5 Å². The number of aromatic nitrogens is 2. The molecule has 0 bridgehead atoms. The van der Waals surface area contributed by atoms with Gasteiger partial charge in [-0.2, -0.15) is 11.8 Å². The summed E-state index contributed by atoms with van der Waals surface area (Å²) in [6.45, 7) is 7.80. The van der Waals surface area contributed by atoms with Gasteiger partial charge in [0.05, 0.1) is 5.69 Å². The maximum Gasteiger partial charge on any atom is 0.159 e. The minimum Gasteiger partial charge on any atom is -0.371 e. The molecule has 1 aromatic heterocycles. The first-order chi connectivity index (χ1) is 8.80. The van der Waals surface area contributed by atoms with Crippen LogP contribution in [-0.4, -0.2) is 23.1 Å². The predicted molar refractivity (Wildman–Crippen MR) is 75.9 cm³/mol. The summed E-state index contributed by atoms with van der Waals surface area (Å²) in [4.78, 5) is 9.35. The van der Waals surface area contributed by atoms with E-state index in [-0.39, 0.29) is 6.10 Å². The summed E-state index contributed by atoms with van der Waals surface area (Å²) in [5.74, 6) is 3.84. The van der Waals surface area contributed by atoms with E-state index in [1.807, 2.05) is 18.7 Å². The minimum absolute atomic E-state index is 0.0170. The Morgan fingerprint density at radius 3 is 2.78 bits per heavy atom. The smallest absolute Gasteiger partial charge is 0.159 e. The van der Waals surface area contributed by atoms with Gasteiger partial charge in [0.1, 0.15) is 11.9 Å². The summed E-state index contributed by atoms with van der Waals surface area (Å²) >= 11 is 1.90. The molecule has 0 spiro atoms. The van der Waals surface area contributed by atoms with Crippen molar-refractivity contribution in [1.29, 1.82) is 0 Å². The fourth-order valence-corrected chi connectivity index (χ4v) is 3.15. The third-order valence-electron chi connectivity index (χ3n) is 2.97. The molecule has 18 heavy (non-hydrogen) atoms. The van der Waals surface area contributed by atoms with Gasteiger partial charge in [-0.05, 0) is 20.3 Å². The number of thioether (sulfide) groups is 1. The lowest BCUT2D eigenvalue weighted by molar-refractivity contribution is 0.0534. The molecule has 0 saturated carbocycles. The number of hydrogen-bond acceptors (Lipinski definition) is 5. The zero-order chi connectivity index (χ0) is 13.0. The fraction of sp³-hybridized carbons (Fsp3) is 0.692. The van der Waals surface area contributed by atoms with Crippen LogP contribution >= 0.6 is 11.8 Å². The number of rotatable bonds is 6. The van der Waals surface area contributed by atoms with Gasteiger partial charge in [0.25, 0.3) is 0 Å². The van der Waals surface area contributed by atoms with E-state index in [4.69, 9.17) is 4.74 Å². The van der Waals surface area contributed by atoms with Gasteiger partial charge in [-0.25, -0.2) is 9.97 Å². The van der Waals surface area contributed by atoms with E-state index >= 15 is 0 Å². The van der Waals surface area contributed by atoms with E-state index in [1.54, 1.807) is 0 Å². The third-order valence-corrected chi connectivity index (χ3v) is 3.94. The molecule has 1 aliphatic heterocycles. The Kier molecular flexibility index (Phi) is 4.83. The summed E-state index contributed by atoms with van der Waals surface area (Å²) in [6.07, 6.45) is 0.925. The molecule has 1 aliphatic rings. The van der Waals surface area contributed by atoms with Crippen LogP contribution in [0.1, 0.15) is 50.4 Å². The minimum atomic E-state index is 0.0170. The number of nitrogens with zero attached hydrogens (tertiary/aromatic N) is 2. The number of ether oxygens (including phenoxy) is 1. The second kappa shape index (κ2) is 6.38. The molecular weight excluding hydrogens is 246 g/mol. The average Bonchev–Trinajstić information content (AvgIpc) is 2.84. The Balaban J connectivity index is 2.33. The molecule has 2 heterocycles. The molecule has 2 rings (SSSR count). The zero-order valence-corrected chi connectivity index (χ0v) is 12.1. The standard InChI is InChI=1S/C13H21N3OS/c1-4-11(17-6-3)13-15-10-8-18-7-9(10)12(16-13)14-5-2/h11H,4-8H2,1-3H3,(H,14,15,16). The number of fused-ring (bicyclic) bond motifs is 1. The molecule has 0 fully saturated rings. The maximum absolute atomic E-state index is 5.71. The van der Waals surface area contributed by atoms with Gasteiger partial charge in [-0.1, -0.05) is 6.92 Å². The van der Waals surface area contributed by atoms with Crippen molar-refractivity contribution in [3.63, 3.8) is 0 Å². The van der Waals surface area contributed by atoms with E-state index in [2.05, 4.69) is 29.1 Å². The van der Waals surface area contributed by atoms with Crippen molar-refractivity contribution < 1.29 is 4.74 Å². The second-order valence-electron chi connectivity index (χ2n) is 4.23. The van der Waals surface area contributed by atoms with Crippen molar-refractivity contribution >= 4 is 17.6 Å². The van der Waals surface area contributed by atoms with Crippen LogP contribution in [-0.2, 0) is 16.2 Å². The molecule has 1 N–H and O–H groups in total. The van der Waals surface area contributed by atoms with Crippen LogP contribution in [0.5, 0.6) is 0 Å². The SMILES string of the molecule is CCNc1nc(C(CC)OCC)nc2c1CSC2. The van der Waals surface area contributed by atoms with Gasteiger partial charge in [-0.3, -0.25) is 0 Å². The van der Waals surface area contributed by atoms with Crippen molar-refractivity contribution in [3.8, 4) is 0 Å². The molecule has 0 radical (unpaired) electrons. The van der Waals surface area contributed by atoms with Crippen LogP contribution in [0, 0.1) is 0 Å². The van der Waals surface area contributed by atoms with Gasteiger partial charge in [-0.15, -0.1) is 0 Å². The summed E-state index contributed by atoms with van der Waals surface area (Å²) in [5, 5.41) is 3.35. The van der Waals surface area contributed by atoms with Crippen molar-refractivity contribution in [1.82, 2.24) is 9.97 Å². The molecule has 4 nitrogen and oxygen atoms in total. The Morgan fingerprint density at radius 1 is 1.28 bits per heavy atom. The monoisotopic (exact) mass is 267 g/mol. The normalized spacial score (nSPS) is 15.5. The van der Waals surface area contributed by atoms with Gasteiger partial charge < -0.3 is 10.1 Å². The van der Waals surface area contributed by atoms with Gasteiger partial charge in [0.15, 0.2) is 5.82 Å². The molecule has 100 valence electrons. The Morgan fingerprint density at radius 2 is 2.11 bits per heavy atom. The van der Waals surface area contributed by atoms with Crippen molar-refractivity contribution in [2.45, 2.75) is 44.8 Å². The van der Waals surface area contributed by atoms with Crippen LogP contribution in [0.3, 0.4) is 0 Å². The van der Waals surface area contributed by atoms with E-state index in [0.717, 1.165) is 36.1 Å². The summed E-state index contributed by atoms with van der Waals surface area (Å²) in [5.41, 5.74) is 2.45. The summed E-state index contributed by atoms with van der Waals surface area (Å²) in [7, 11) is 0. The lowest BCUT2D eigenvalue weighted by Gasteiger charge is -2.16. The Labute approximate surface area is 113 Å². The van der Waals surface area contributed by atoms with Gasteiger partial charge in [0.2, 0.25) is 0 Å². The maximum atomic E-state index is 5.71. The molecule has 1 aromatic rings. The summed E-state index contributed by atoms with van der Waals surface area (Å²) < 4.78 is 5.71. The van der Waals surface area contributed by atoms with Gasteiger partial charge in [0, 0.05) is 30.2 Å². The molecule has 5 heteroatoms. The highest BCUT2D eigenvalue weighted by Gasteiger charge is 2.22. The second-order valence-corrected chi connectivity index (χ2v) is 5.22. The molecule has 0 aliphatic carbocycles. The largest absolute Gasteiger partial charge is 0.371 e. The number of nitrogens with one attached hydrogen (secondary N) is 1. The van der Waals surface area contributed by atoms with Crippen LogP contribution in [0.15, 0.2) is 0 Å². The molecule has 1 unspecified atom stereocenters. The molecule has 0 amide bonds. The fourth-order valence-electron chi connectivity index (χ4n) is 2.10. The van der Waals surface area contributed by atoms with Crippen LogP contribution in [0.2, 0.25) is 0 Å². The molecule has 0 aromatic carbocycles. The van der Waals surface area contributed by atoms with E-state index in [9.17, 15) is 0 Å². The average molecular weight is 267 g/mol. The van der Waals surface area contributed by atoms with Crippen molar-refractivity contribution in [3.05, 3.63) is 17.1 Å². The number of anilines is 1. The van der Waals surface area contributed by atoms with E-state index in [1.165, 1.54) is 11.3 Å². The quantitative estimate of drug-likeness (QED) is 0.858. The molecule has 1 atom stereocenters. The van der Waals surface area contributed by atoms with Crippen LogP contribution in [0.4, 0.5) is 5.82 Å². The predicted octanol–water partition coefficient (Wildman–Crippen LogP) is 3.14. The zero-order valence-electron chi connectivity index (χ0n) is 11.3. The highest BCUT2D eigenvalue weighted by Crippen LogP contribution is 2.34.